The minimum atomic E-state index is -3.09. The lowest BCUT2D eigenvalue weighted by Crippen LogP contribution is -2.34. The van der Waals surface area contributed by atoms with Crippen LogP contribution in [0.3, 0.4) is 0 Å². The predicted octanol–water partition coefficient (Wildman–Crippen LogP) is 1.50. The summed E-state index contributed by atoms with van der Waals surface area (Å²) in [6.45, 7) is 0. The molecule has 0 heterocycles. The van der Waals surface area contributed by atoms with E-state index >= 15 is 0 Å². The van der Waals surface area contributed by atoms with Crippen LogP contribution < -0.4 is 10.2 Å². The summed E-state index contributed by atoms with van der Waals surface area (Å²) in [6.07, 6.45) is 2.64. The maximum absolute atomic E-state index is 11.8. The Kier molecular flexibility index (Phi) is 3.30. The lowest BCUT2D eigenvalue weighted by Gasteiger charge is -2.18. The van der Waals surface area contributed by atoms with E-state index in [4.69, 9.17) is 0 Å². The Morgan fingerprint density at radius 3 is 2.16 bits per heavy atom. The quantitative estimate of drug-likeness (QED) is 0.913. The SMILES string of the molecule is CNC(=O)N(C)c1ccc(C2(S(C)(=O)=O)CC2)cc1. The van der Waals surface area contributed by atoms with Crippen molar-refractivity contribution in [3.8, 4) is 0 Å². The van der Waals surface area contributed by atoms with Crippen LogP contribution in [-0.2, 0) is 14.6 Å². The van der Waals surface area contributed by atoms with Crippen molar-refractivity contribution in [1.82, 2.24) is 5.32 Å². The molecule has 1 aromatic carbocycles. The molecule has 6 heteroatoms. The standard InChI is InChI=1S/C13H18N2O3S/c1-14-12(16)15(2)11-6-4-10(5-7-11)13(8-9-13)19(3,17)18/h4-7H,8-9H2,1-3H3,(H,14,16). The van der Waals surface area contributed by atoms with Crippen LogP contribution in [-0.4, -0.2) is 34.8 Å². The van der Waals surface area contributed by atoms with Crippen LogP contribution in [0.5, 0.6) is 0 Å². The second-order valence-electron chi connectivity index (χ2n) is 4.93. The van der Waals surface area contributed by atoms with Crippen molar-refractivity contribution in [2.45, 2.75) is 17.6 Å². The van der Waals surface area contributed by atoms with Crippen LogP contribution in [0.1, 0.15) is 18.4 Å². The van der Waals surface area contributed by atoms with Gasteiger partial charge in [0.05, 0.1) is 4.75 Å². The minimum absolute atomic E-state index is 0.211. The number of amides is 2. The summed E-state index contributed by atoms with van der Waals surface area (Å²) in [7, 11) is 0.138. The van der Waals surface area contributed by atoms with Crippen molar-refractivity contribution in [1.29, 1.82) is 0 Å². The molecule has 0 radical (unpaired) electrons. The summed E-state index contributed by atoms with van der Waals surface area (Å²) in [5.74, 6) is 0. The summed E-state index contributed by atoms with van der Waals surface area (Å²) in [6, 6.07) is 6.93. The highest BCUT2D eigenvalue weighted by molar-refractivity contribution is 7.92. The van der Waals surface area contributed by atoms with Crippen LogP contribution in [0.15, 0.2) is 24.3 Å². The molecule has 0 saturated heterocycles. The van der Waals surface area contributed by atoms with E-state index in [1.165, 1.54) is 11.2 Å². The highest BCUT2D eigenvalue weighted by Gasteiger charge is 2.53. The number of sulfone groups is 1. The van der Waals surface area contributed by atoms with E-state index in [2.05, 4.69) is 5.32 Å². The zero-order valence-electron chi connectivity index (χ0n) is 11.3. The fourth-order valence-electron chi connectivity index (χ4n) is 2.26. The van der Waals surface area contributed by atoms with Gasteiger partial charge in [-0.05, 0) is 30.5 Å². The lowest BCUT2D eigenvalue weighted by atomic mass is 10.1. The van der Waals surface area contributed by atoms with E-state index in [1.54, 1.807) is 38.4 Å². The van der Waals surface area contributed by atoms with Gasteiger partial charge in [0.15, 0.2) is 9.84 Å². The molecular weight excluding hydrogens is 264 g/mol. The Hall–Kier alpha value is -1.56. The highest BCUT2D eigenvalue weighted by Crippen LogP contribution is 2.52. The molecular formula is C13H18N2O3S. The van der Waals surface area contributed by atoms with E-state index in [0.717, 1.165) is 11.3 Å². The number of carbonyl (C=O) groups excluding carboxylic acids is 1. The van der Waals surface area contributed by atoms with Gasteiger partial charge in [-0.2, -0.15) is 0 Å². The molecule has 2 rings (SSSR count). The van der Waals surface area contributed by atoms with Gasteiger partial charge in [-0.15, -0.1) is 0 Å². The Labute approximate surface area is 113 Å². The lowest BCUT2D eigenvalue weighted by molar-refractivity contribution is 0.249. The monoisotopic (exact) mass is 282 g/mol. The van der Waals surface area contributed by atoms with Crippen molar-refractivity contribution in [3.05, 3.63) is 29.8 Å². The molecule has 0 aromatic heterocycles. The number of urea groups is 1. The number of nitrogens with zero attached hydrogens (tertiary/aromatic N) is 1. The molecule has 0 aliphatic heterocycles. The summed E-state index contributed by atoms with van der Waals surface area (Å²) in [5, 5.41) is 2.54. The number of hydrogen-bond donors (Lipinski definition) is 1. The average molecular weight is 282 g/mol. The normalized spacial score (nSPS) is 16.8. The summed E-state index contributed by atoms with van der Waals surface area (Å²) in [5.41, 5.74) is 1.54. The molecule has 0 atom stereocenters. The molecule has 19 heavy (non-hydrogen) atoms. The number of carbonyl (C=O) groups is 1. The van der Waals surface area contributed by atoms with E-state index in [9.17, 15) is 13.2 Å². The molecule has 1 aliphatic carbocycles. The number of benzene rings is 1. The molecule has 104 valence electrons. The van der Waals surface area contributed by atoms with Gasteiger partial charge in [0, 0.05) is 26.0 Å². The molecule has 1 saturated carbocycles. The third-order valence-corrected chi connectivity index (χ3v) is 5.78. The van der Waals surface area contributed by atoms with Gasteiger partial charge in [0.2, 0.25) is 0 Å². The molecule has 0 unspecified atom stereocenters. The van der Waals surface area contributed by atoms with E-state index in [1.807, 2.05) is 0 Å². The van der Waals surface area contributed by atoms with Crippen molar-refractivity contribution in [2.24, 2.45) is 0 Å². The molecule has 2 amide bonds. The van der Waals surface area contributed by atoms with Crippen LogP contribution in [0.2, 0.25) is 0 Å². The fourth-order valence-corrected chi connectivity index (χ4v) is 3.67. The van der Waals surface area contributed by atoms with Crippen molar-refractivity contribution < 1.29 is 13.2 Å². The van der Waals surface area contributed by atoms with Gasteiger partial charge >= 0.3 is 6.03 Å². The number of anilines is 1. The van der Waals surface area contributed by atoms with Crippen LogP contribution in [0.4, 0.5) is 10.5 Å². The Morgan fingerprint density at radius 2 is 1.79 bits per heavy atom. The zero-order valence-corrected chi connectivity index (χ0v) is 12.1. The minimum Gasteiger partial charge on any atom is -0.341 e. The van der Waals surface area contributed by atoms with Gasteiger partial charge in [0.25, 0.3) is 0 Å². The molecule has 1 aromatic rings. The second kappa shape index (κ2) is 4.52. The fraction of sp³-hybridized carbons (Fsp3) is 0.462. The van der Waals surface area contributed by atoms with Gasteiger partial charge in [-0.1, -0.05) is 12.1 Å². The average Bonchev–Trinajstić information content (AvgIpc) is 3.18. The first kappa shape index (κ1) is 13.9. The number of rotatable bonds is 3. The van der Waals surface area contributed by atoms with Crippen molar-refractivity contribution >= 4 is 21.6 Å². The summed E-state index contributed by atoms with van der Waals surface area (Å²) >= 11 is 0. The summed E-state index contributed by atoms with van der Waals surface area (Å²) in [4.78, 5) is 13.0. The number of nitrogens with one attached hydrogen (secondary N) is 1. The Balaban J connectivity index is 2.28. The summed E-state index contributed by atoms with van der Waals surface area (Å²) < 4.78 is 22.9. The van der Waals surface area contributed by atoms with E-state index in [0.29, 0.717) is 12.8 Å². The first-order chi connectivity index (χ1) is 8.82. The molecule has 0 spiro atoms. The first-order valence-electron chi connectivity index (χ1n) is 6.07. The van der Waals surface area contributed by atoms with Gasteiger partial charge in [-0.3, -0.25) is 4.90 Å². The second-order valence-corrected chi connectivity index (χ2v) is 7.25. The maximum Gasteiger partial charge on any atom is 0.321 e. The van der Waals surface area contributed by atoms with E-state index < -0.39 is 14.6 Å². The third-order valence-electron chi connectivity index (χ3n) is 3.71. The highest BCUT2D eigenvalue weighted by atomic mass is 32.2. The van der Waals surface area contributed by atoms with Gasteiger partial charge in [-0.25, -0.2) is 13.2 Å². The largest absolute Gasteiger partial charge is 0.341 e. The van der Waals surface area contributed by atoms with Crippen LogP contribution >= 0.6 is 0 Å². The molecule has 1 fully saturated rings. The van der Waals surface area contributed by atoms with E-state index in [-0.39, 0.29) is 6.03 Å². The molecule has 1 N–H and O–H groups in total. The smallest absolute Gasteiger partial charge is 0.321 e. The van der Waals surface area contributed by atoms with Crippen molar-refractivity contribution in [2.75, 3.05) is 25.3 Å². The zero-order chi connectivity index (χ0) is 14.3. The number of hydrogen-bond acceptors (Lipinski definition) is 3. The third kappa shape index (κ3) is 2.32. The Bertz CT molecular complexity index is 589. The predicted molar refractivity (Wildman–Crippen MR) is 75.1 cm³/mol. The maximum atomic E-state index is 11.8. The van der Waals surface area contributed by atoms with Crippen LogP contribution in [0, 0.1) is 0 Å². The van der Waals surface area contributed by atoms with Crippen LogP contribution in [0.25, 0.3) is 0 Å². The van der Waals surface area contributed by atoms with Gasteiger partial charge < -0.3 is 5.32 Å². The van der Waals surface area contributed by atoms with Crippen molar-refractivity contribution in [3.63, 3.8) is 0 Å². The molecule has 1 aliphatic rings. The Morgan fingerprint density at radius 1 is 1.26 bits per heavy atom. The molecule has 5 nitrogen and oxygen atoms in total. The molecule has 0 bridgehead atoms. The first-order valence-corrected chi connectivity index (χ1v) is 7.96. The topological polar surface area (TPSA) is 66.5 Å². The van der Waals surface area contributed by atoms with Gasteiger partial charge in [0.1, 0.15) is 0 Å².